The molecule has 0 radical (unpaired) electrons. The fourth-order valence-corrected chi connectivity index (χ4v) is 2.88. The van der Waals surface area contributed by atoms with Gasteiger partial charge in [-0.3, -0.25) is 0 Å². The first-order chi connectivity index (χ1) is 9.11. The monoisotopic (exact) mass is 256 g/mol. The fraction of sp³-hybridized carbons (Fsp3) is 0.588. The minimum absolute atomic E-state index is 0.293. The van der Waals surface area contributed by atoms with Crippen LogP contribution >= 0.6 is 0 Å². The normalized spacial score (nSPS) is 23.1. The third kappa shape index (κ3) is 3.36. The van der Waals surface area contributed by atoms with Crippen LogP contribution in [0, 0.1) is 38.0 Å². The summed E-state index contributed by atoms with van der Waals surface area (Å²) in [5, 5.41) is 12.6. The molecule has 0 amide bonds. The van der Waals surface area contributed by atoms with Crippen LogP contribution in [0.3, 0.4) is 0 Å². The Hall–Kier alpha value is -1.33. The zero-order chi connectivity index (χ0) is 13.8. The van der Waals surface area contributed by atoms with Crippen molar-refractivity contribution in [2.24, 2.45) is 5.92 Å². The van der Waals surface area contributed by atoms with Gasteiger partial charge in [-0.05, 0) is 68.7 Å². The topological polar surface area (TPSA) is 35.8 Å². The van der Waals surface area contributed by atoms with Gasteiger partial charge in [-0.15, -0.1) is 0 Å². The van der Waals surface area contributed by atoms with Crippen LogP contribution < -0.4 is 5.32 Å². The van der Waals surface area contributed by atoms with Gasteiger partial charge >= 0.3 is 0 Å². The molecular weight excluding hydrogens is 232 g/mol. The predicted octanol–water partition coefficient (Wildman–Crippen LogP) is 3.78. The lowest BCUT2D eigenvalue weighted by molar-refractivity contribution is 0.331. The van der Waals surface area contributed by atoms with Crippen LogP contribution in [0.25, 0.3) is 0 Å². The molecule has 2 heteroatoms. The summed E-state index contributed by atoms with van der Waals surface area (Å²) < 4.78 is 0. The van der Waals surface area contributed by atoms with Gasteiger partial charge in [0.1, 0.15) is 0 Å². The molecule has 0 heterocycles. The first-order valence-corrected chi connectivity index (χ1v) is 7.30. The van der Waals surface area contributed by atoms with Crippen LogP contribution in [-0.4, -0.2) is 6.04 Å². The third-order valence-electron chi connectivity index (χ3n) is 4.66. The predicted molar refractivity (Wildman–Crippen MR) is 78.9 cm³/mol. The Morgan fingerprint density at radius 2 is 1.79 bits per heavy atom. The minimum atomic E-state index is 0.293. The van der Waals surface area contributed by atoms with Crippen molar-refractivity contribution in [3.8, 4) is 6.07 Å². The molecule has 1 fully saturated rings. The van der Waals surface area contributed by atoms with Crippen LogP contribution in [-0.2, 0) is 6.54 Å². The van der Waals surface area contributed by atoms with E-state index < -0.39 is 0 Å². The molecule has 1 aromatic rings. The number of nitrogens with one attached hydrogen (secondary N) is 1. The molecule has 0 aliphatic heterocycles. The molecule has 102 valence electrons. The van der Waals surface area contributed by atoms with Gasteiger partial charge in [-0.1, -0.05) is 12.1 Å². The molecule has 0 spiro atoms. The summed E-state index contributed by atoms with van der Waals surface area (Å²) in [6, 6.07) is 7.44. The van der Waals surface area contributed by atoms with Crippen molar-refractivity contribution in [3.63, 3.8) is 0 Å². The highest BCUT2D eigenvalue weighted by atomic mass is 14.9. The van der Waals surface area contributed by atoms with Crippen molar-refractivity contribution in [1.29, 1.82) is 5.26 Å². The van der Waals surface area contributed by atoms with E-state index in [1.807, 2.05) is 0 Å². The van der Waals surface area contributed by atoms with E-state index in [1.54, 1.807) is 0 Å². The van der Waals surface area contributed by atoms with E-state index in [2.05, 4.69) is 44.3 Å². The largest absolute Gasteiger partial charge is 0.310 e. The Balaban J connectivity index is 1.90. The Labute approximate surface area is 116 Å². The number of nitrogens with zero attached hydrogens (tertiary/aromatic N) is 1. The molecule has 2 nitrogen and oxygen atoms in total. The lowest BCUT2D eigenvalue weighted by Gasteiger charge is -2.26. The van der Waals surface area contributed by atoms with E-state index in [4.69, 9.17) is 5.26 Å². The maximum absolute atomic E-state index is 8.91. The molecular formula is C17H24N2. The number of hydrogen-bond acceptors (Lipinski definition) is 2. The van der Waals surface area contributed by atoms with E-state index in [1.165, 1.54) is 22.3 Å². The van der Waals surface area contributed by atoms with E-state index in [-0.39, 0.29) is 0 Å². The second-order valence-corrected chi connectivity index (χ2v) is 5.85. The van der Waals surface area contributed by atoms with Crippen LogP contribution in [0.15, 0.2) is 12.1 Å². The van der Waals surface area contributed by atoms with Gasteiger partial charge in [0.25, 0.3) is 0 Å². The third-order valence-corrected chi connectivity index (χ3v) is 4.66. The molecule has 1 N–H and O–H groups in total. The Morgan fingerprint density at radius 3 is 2.42 bits per heavy atom. The smallest absolute Gasteiger partial charge is 0.0655 e. The standard InChI is InChI=1S/C17H24N2/c1-12-4-7-16(14(3)13(12)2)11-19-17-8-5-15(10-18)6-9-17/h4,7,15,17,19H,5-6,8-9,11H2,1-3H3. The summed E-state index contributed by atoms with van der Waals surface area (Å²) in [6.07, 6.45) is 4.39. The molecule has 0 unspecified atom stereocenters. The van der Waals surface area contributed by atoms with Crippen LogP contribution in [0.1, 0.15) is 47.9 Å². The number of benzene rings is 1. The summed E-state index contributed by atoms with van der Waals surface area (Å²) in [5.74, 6) is 0.293. The maximum Gasteiger partial charge on any atom is 0.0655 e. The lowest BCUT2D eigenvalue weighted by Crippen LogP contribution is -2.32. The Bertz CT molecular complexity index is 477. The first-order valence-electron chi connectivity index (χ1n) is 7.30. The van der Waals surface area contributed by atoms with E-state index in [9.17, 15) is 0 Å². The van der Waals surface area contributed by atoms with Gasteiger partial charge in [0.15, 0.2) is 0 Å². The molecule has 1 aliphatic rings. The molecule has 0 saturated heterocycles. The van der Waals surface area contributed by atoms with Crippen LogP contribution in [0.4, 0.5) is 0 Å². The summed E-state index contributed by atoms with van der Waals surface area (Å²) in [6.45, 7) is 7.54. The quantitative estimate of drug-likeness (QED) is 0.893. The molecule has 1 aromatic carbocycles. The SMILES string of the molecule is Cc1ccc(CNC2CCC(C#N)CC2)c(C)c1C. The zero-order valence-corrected chi connectivity index (χ0v) is 12.3. The molecule has 0 atom stereocenters. The van der Waals surface area contributed by atoms with Crippen molar-refractivity contribution >= 4 is 0 Å². The van der Waals surface area contributed by atoms with E-state index >= 15 is 0 Å². The summed E-state index contributed by atoms with van der Waals surface area (Å²) in [5.41, 5.74) is 5.60. The average molecular weight is 256 g/mol. The Morgan fingerprint density at radius 1 is 1.11 bits per heavy atom. The minimum Gasteiger partial charge on any atom is -0.310 e. The highest BCUT2D eigenvalue weighted by molar-refractivity contribution is 5.38. The number of aryl methyl sites for hydroxylation is 1. The molecule has 1 aliphatic carbocycles. The van der Waals surface area contributed by atoms with Crippen molar-refractivity contribution in [3.05, 3.63) is 34.4 Å². The van der Waals surface area contributed by atoms with Crippen molar-refractivity contribution in [1.82, 2.24) is 5.32 Å². The zero-order valence-electron chi connectivity index (χ0n) is 12.3. The highest BCUT2D eigenvalue weighted by Crippen LogP contribution is 2.24. The van der Waals surface area contributed by atoms with Crippen LogP contribution in [0.2, 0.25) is 0 Å². The second kappa shape index (κ2) is 6.21. The van der Waals surface area contributed by atoms with Crippen molar-refractivity contribution in [2.45, 2.75) is 59.0 Å². The van der Waals surface area contributed by atoms with Crippen molar-refractivity contribution in [2.75, 3.05) is 0 Å². The van der Waals surface area contributed by atoms with Crippen LogP contribution in [0.5, 0.6) is 0 Å². The second-order valence-electron chi connectivity index (χ2n) is 5.85. The fourth-order valence-electron chi connectivity index (χ4n) is 2.88. The van der Waals surface area contributed by atoms with E-state index in [0.717, 1.165) is 32.2 Å². The molecule has 2 rings (SSSR count). The molecule has 0 aromatic heterocycles. The number of rotatable bonds is 3. The summed E-state index contributed by atoms with van der Waals surface area (Å²) >= 11 is 0. The first kappa shape index (κ1) is 14.1. The van der Waals surface area contributed by atoms with Gasteiger partial charge in [0, 0.05) is 18.5 Å². The summed E-state index contributed by atoms with van der Waals surface area (Å²) in [7, 11) is 0. The van der Waals surface area contributed by atoms with Gasteiger partial charge < -0.3 is 5.32 Å². The van der Waals surface area contributed by atoms with Gasteiger partial charge in [0.05, 0.1) is 6.07 Å². The summed E-state index contributed by atoms with van der Waals surface area (Å²) in [4.78, 5) is 0. The lowest BCUT2D eigenvalue weighted by atomic mass is 9.87. The molecule has 1 saturated carbocycles. The Kier molecular flexibility index (Phi) is 4.61. The van der Waals surface area contributed by atoms with Gasteiger partial charge in [0.2, 0.25) is 0 Å². The highest BCUT2D eigenvalue weighted by Gasteiger charge is 2.20. The number of nitriles is 1. The maximum atomic E-state index is 8.91. The van der Waals surface area contributed by atoms with Gasteiger partial charge in [-0.25, -0.2) is 0 Å². The van der Waals surface area contributed by atoms with Gasteiger partial charge in [-0.2, -0.15) is 5.26 Å². The van der Waals surface area contributed by atoms with E-state index in [0.29, 0.717) is 12.0 Å². The number of hydrogen-bond donors (Lipinski definition) is 1. The average Bonchev–Trinajstić information content (AvgIpc) is 2.45. The van der Waals surface area contributed by atoms with Crippen molar-refractivity contribution < 1.29 is 0 Å². The molecule has 0 bridgehead atoms. The molecule has 19 heavy (non-hydrogen) atoms.